The molecule has 2 heterocycles. The fraction of sp³-hybridized carbons (Fsp3) is 0.714. The minimum atomic E-state index is -0.600. The van der Waals surface area contributed by atoms with E-state index in [9.17, 15) is 5.11 Å². The normalized spacial score (nSPS) is 32.0. The van der Waals surface area contributed by atoms with Crippen LogP contribution in [0.1, 0.15) is 46.5 Å². The number of nitrogens with zero attached hydrogens (tertiary/aromatic N) is 1. The topological polar surface area (TPSA) is 41.9 Å². The Balaban J connectivity index is 1.97. The minimum absolute atomic E-state index is 0.345. The Morgan fingerprint density at radius 1 is 1.28 bits per heavy atom. The third-order valence-corrected chi connectivity index (χ3v) is 6.19. The molecule has 4 nitrogen and oxygen atoms in total. The van der Waals surface area contributed by atoms with E-state index in [1.54, 1.807) is 14.2 Å². The third kappa shape index (κ3) is 3.33. The van der Waals surface area contributed by atoms with E-state index in [1.165, 1.54) is 11.3 Å². The molecule has 0 bridgehead atoms. The Labute approximate surface area is 152 Å². The van der Waals surface area contributed by atoms with Crippen LogP contribution in [-0.4, -0.2) is 42.9 Å². The molecule has 0 aromatic carbocycles. The summed E-state index contributed by atoms with van der Waals surface area (Å²) in [7, 11) is 3.38. The SMILES string of the molecule is CCC1(O)CC2=C3C=C(OC)C(OC)=CC3CCN2CC1CC(C)C. The third-order valence-electron chi connectivity index (χ3n) is 6.19. The summed E-state index contributed by atoms with van der Waals surface area (Å²) in [5, 5.41) is 11.4. The van der Waals surface area contributed by atoms with Crippen LogP contribution in [-0.2, 0) is 9.47 Å². The van der Waals surface area contributed by atoms with Crippen molar-refractivity contribution in [2.45, 2.75) is 52.1 Å². The van der Waals surface area contributed by atoms with E-state index >= 15 is 0 Å². The first-order chi connectivity index (χ1) is 11.9. The van der Waals surface area contributed by atoms with Gasteiger partial charge in [0.2, 0.25) is 0 Å². The van der Waals surface area contributed by atoms with Crippen LogP contribution in [0.5, 0.6) is 0 Å². The number of ether oxygens (including phenoxy) is 2. The standard InChI is InChI=1S/C21H33NO3/c1-6-21(23)12-18-17-11-20(25-5)19(24-4)10-15(17)7-8-22(18)13-16(21)9-14(2)3/h10-11,14-16,23H,6-9,12-13H2,1-5H3. The van der Waals surface area contributed by atoms with E-state index in [0.29, 0.717) is 17.8 Å². The monoisotopic (exact) mass is 347 g/mol. The number of methoxy groups -OCH3 is 2. The van der Waals surface area contributed by atoms with Crippen molar-refractivity contribution < 1.29 is 14.6 Å². The second-order valence-electron chi connectivity index (χ2n) is 8.15. The molecule has 1 N–H and O–H groups in total. The number of hydrogen-bond donors (Lipinski definition) is 1. The van der Waals surface area contributed by atoms with Crippen LogP contribution in [0.2, 0.25) is 0 Å². The van der Waals surface area contributed by atoms with Gasteiger partial charge in [-0.15, -0.1) is 0 Å². The highest BCUT2D eigenvalue weighted by atomic mass is 16.5. The fourth-order valence-electron chi connectivity index (χ4n) is 4.71. The van der Waals surface area contributed by atoms with E-state index in [4.69, 9.17) is 9.47 Å². The second-order valence-corrected chi connectivity index (χ2v) is 8.15. The van der Waals surface area contributed by atoms with Crippen LogP contribution in [0, 0.1) is 17.8 Å². The van der Waals surface area contributed by atoms with Crippen molar-refractivity contribution in [3.63, 3.8) is 0 Å². The molecule has 0 spiro atoms. The molecule has 1 aliphatic carbocycles. The van der Waals surface area contributed by atoms with Gasteiger partial charge in [-0.3, -0.25) is 0 Å². The summed E-state index contributed by atoms with van der Waals surface area (Å²) in [5.41, 5.74) is 2.01. The van der Waals surface area contributed by atoms with Crippen LogP contribution in [0.3, 0.4) is 0 Å². The Morgan fingerprint density at radius 3 is 2.60 bits per heavy atom. The van der Waals surface area contributed by atoms with Crippen molar-refractivity contribution in [3.05, 3.63) is 34.9 Å². The first-order valence-corrected chi connectivity index (χ1v) is 9.64. The average Bonchev–Trinajstić information content (AvgIpc) is 2.60. The molecule has 1 fully saturated rings. The Hall–Kier alpha value is -1.42. The van der Waals surface area contributed by atoms with E-state index in [2.05, 4.69) is 37.8 Å². The summed E-state index contributed by atoms with van der Waals surface area (Å²) in [6, 6.07) is 0. The van der Waals surface area contributed by atoms with Crippen molar-refractivity contribution in [1.82, 2.24) is 4.90 Å². The molecule has 3 unspecified atom stereocenters. The zero-order valence-corrected chi connectivity index (χ0v) is 16.3. The highest BCUT2D eigenvalue weighted by Crippen LogP contribution is 2.46. The number of aliphatic hydroxyl groups is 1. The van der Waals surface area contributed by atoms with E-state index in [-0.39, 0.29) is 0 Å². The van der Waals surface area contributed by atoms with Gasteiger partial charge in [0.15, 0.2) is 11.5 Å². The van der Waals surface area contributed by atoms with Gasteiger partial charge in [-0.05, 0) is 42.9 Å². The molecular formula is C21H33NO3. The minimum Gasteiger partial charge on any atom is -0.493 e. The molecule has 3 aliphatic rings. The number of allylic oxidation sites excluding steroid dienone is 3. The van der Waals surface area contributed by atoms with Crippen LogP contribution in [0.25, 0.3) is 0 Å². The van der Waals surface area contributed by atoms with Crippen molar-refractivity contribution in [2.75, 3.05) is 27.3 Å². The summed E-state index contributed by atoms with van der Waals surface area (Å²) in [6.07, 6.45) is 8.04. The van der Waals surface area contributed by atoms with Crippen molar-refractivity contribution >= 4 is 0 Å². The van der Waals surface area contributed by atoms with Gasteiger partial charge in [0.25, 0.3) is 0 Å². The number of hydrogen-bond acceptors (Lipinski definition) is 4. The maximum Gasteiger partial charge on any atom is 0.160 e. The number of rotatable bonds is 5. The van der Waals surface area contributed by atoms with Gasteiger partial charge in [-0.1, -0.05) is 20.8 Å². The molecule has 3 atom stereocenters. The molecule has 0 saturated carbocycles. The molecule has 0 aromatic rings. The molecule has 0 amide bonds. The van der Waals surface area contributed by atoms with Gasteiger partial charge in [-0.25, -0.2) is 0 Å². The molecule has 4 heteroatoms. The molecule has 2 aliphatic heterocycles. The summed E-state index contributed by atoms with van der Waals surface area (Å²) in [6.45, 7) is 8.64. The van der Waals surface area contributed by atoms with Gasteiger partial charge >= 0.3 is 0 Å². The molecule has 0 aromatic heterocycles. The highest BCUT2D eigenvalue weighted by Gasteiger charge is 2.45. The summed E-state index contributed by atoms with van der Waals surface area (Å²) in [4.78, 5) is 2.51. The lowest BCUT2D eigenvalue weighted by Crippen LogP contribution is -2.52. The van der Waals surface area contributed by atoms with Gasteiger partial charge in [0.1, 0.15) is 0 Å². The van der Waals surface area contributed by atoms with E-state index < -0.39 is 5.60 Å². The van der Waals surface area contributed by atoms with Gasteiger partial charge in [0.05, 0.1) is 19.8 Å². The fourth-order valence-corrected chi connectivity index (χ4v) is 4.71. The summed E-state index contributed by atoms with van der Waals surface area (Å²) >= 11 is 0. The van der Waals surface area contributed by atoms with Crippen LogP contribution >= 0.6 is 0 Å². The van der Waals surface area contributed by atoms with Crippen molar-refractivity contribution in [2.24, 2.45) is 17.8 Å². The quantitative estimate of drug-likeness (QED) is 0.820. The molecular weight excluding hydrogens is 314 g/mol. The first kappa shape index (κ1) is 18.4. The summed E-state index contributed by atoms with van der Waals surface area (Å²) in [5.74, 6) is 2.93. The van der Waals surface area contributed by atoms with Crippen LogP contribution in [0.15, 0.2) is 34.9 Å². The predicted octanol–water partition coefficient (Wildman–Crippen LogP) is 3.84. The van der Waals surface area contributed by atoms with Crippen LogP contribution in [0.4, 0.5) is 0 Å². The molecule has 140 valence electrons. The average molecular weight is 347 g/mol. The zero-order chi connectivity index (χ0) is 18.2. The highest BCUT2D eigenvalue weighted by molar-refractivity contribution is 5.44. The van der Waals surface area contributed by atoms with Crippen molar-refractivity contribution in [1.29, 1.82) is 0 Å². The smallest absolute Gasteiger partial charge is 0.160 e. The van der Waals surface area contributed by atoms with Gasteiger partial charge in [-0.2, -0.15) is 0 Å². The molecule has 3 rings (SSSR count). The first-order valence-electron chi connectivity index (χ1n) is 9.64. The van der Waals surface area contributed by atoms with Crippen LogP contribution < -0.4 is 0 Å². The lowest BCUT2D eigenvalue weighted by molar-refractivity contribution is -0.0671. The predicted molar refractivity (Wildman–Crippen MR) is 99.7 cm³/mol. The number of piperidine rings is 1. The Morgan fingerprint density at radius 2 is 2.00 bits per heavy atom. The lowest BCUT2D eigenvalue weighted by atomic mass is 9.71. The maximum atomic E-state index is 11.4. The van der Waals surface area contributed by atoms with Gasteiger partial charge in [0, 0.05) is 37.0 Å². The van der Waals surface area contributed by atoms with E-state index in [0.717, 1.165) is 50.3 Å². The maximum absolute atomic E-state index is 11.4. The zero-order valence-electron chi connectivity index (χ0n) is 16.3. The van der Waals surface area contributed by atoms with E-state index in [1.807, 2.05) is 0 Å². The second kappa shape index (κ2) is 7.06. The Kier molecular flexibility index (Phi) is 5.19. The summed E-state index contributed by atoms with van der Waals surface area (Å²) < 4.78 is 11.0. The molecule has 0 radical (unpaired) electrons. The lowest BCUT2D eigenvalue weighted by Gasteiger charge is -2.50. The Bertz CT molecular complexity index is 604. The number of fused-ring (bicyclic) bond motifs is 2. The largest absolute Gasteiger partial charge is 0.493 e. The van der Waals surface area contributed by atoms with Gasteiger partial charge < -0.3 is 19.5 Å². The molecule has 25 heavy (non-hydrogen) atoms. The molecule has 1 saturated heterocycles. The van der Waals surface area contributed by atoms with Crippen molar-refractivity contribution in [3.8, 4) is 0 Å².